The Hall–Kier alpha value is -1.78. The normalized spacial score (nSPS) is 23.3. The molecule has 1 saturated heterocycles. The van der Waals surface area contributed by atoms with Gasteiger partial charge in [-0.15, -0.1) is 0 Å². The van der Waals surface area contributed by atoms with Crippen molar-refractivity contribution in [2.24, 2.45) is 5.41 Å². The van der Waals surface area contributed by atoms with Crippen molar-refractivity contribution in [2.75, 3.05) is 13.1 Å². The van der Waals surface area contributed by atoms with Gasteiger partial charge in [0.1, 0.15) is 0 Å². The number of nitrogens with zero attached hydrogens (tertiary/aromatic N) is 1. The number of carbonyl (C=O) groups is 2. The standard InChI is InChI=1S/C13H17NO4/c1-13(12(16)17)5-6-14(9-13)11(15)3-2-10-4-7-18-8-10/h4,7-8H,2-3,5-6,9H2,1H3,(H,16,17). The van der Waals surface area contributed by atoms with Crippen LogP contribution < -0.4 is 0 Å². The van der Waals surface area contributed by atoms with Crippen molar-refractivity contribution in [3.05, 3.63) is 24.2 Å². The number of amides is 1. The molecule has 0 saturated carbocycles. The number of aryl methyl sites for hydroxylation is 1. The number of rotatable bonds is 4. The van der Waals surface area contributed by atoms with Crippen molar-refractivity contribution >= 4 is 11.9 Å². The van der Waals surface area contributed by atoms with E-state index in [1.54, 1.807) is 24.3 Å². The van der Waals surface area contributed by atoms with Crippen LogP contribution >= 0.6 is 0 Å². The smallest absolute Gasteiger partial charge is 0.311 e. The minimum absolute atomic E-state index is 0.0150. The maximum Gasteiger partial charge on any atom is 0.311 e. The Bertz CT molecular complexity index is 440. The van der Waals surface area contributed by atoms with E-state index in [4.69, 9.17) is 9.52 Å². The van der Waals surface area contributed by atoms with Crippen LogP contribution in [-0.2, 0) is 16.0 Å². The molecule has 0 radical (unpaired) electrons. The highest BCUT2D eigenvalue weighted by atomic mass is 16.4. The lowest BCUT2D eigenvalue weighted by atomic mass is 9.90. The maximum atomic E-state index is 12.0. The molecule has 1 amide bonds. The molecule has 0 spiro atoms. The van der Waals surface area contributed by atoms with Crippen LogP contribution in [0, 0.1) is 5.41 Å². The molecule has 0 bridgehead atoms. The average Bonchev–Trinajstić information content (AvgIpc) is 2.95. The van der Waals surface area contributed by atoms with E-state index in [9.17, 15) is 9.59 Å². The van der Waals surface area contributed by atoms with E-state index in [0.717, 1.165) is 5.56 Å². The second-order valence-corrected chi connectivity index (χ2v) is 5.06. The van der Waals surface area contributed by atoms with E-state index in [1.165, 1.54) is 0 Å². The summed E-state index contributed by atoms with van der Waals surface area (Å²) in [6.07, 6.45) is 4.76. The van der Waals surface area contributed by atoms with Crippen LogP contribution in [0.25, 0.3) is 0 Å². The minimum Gasteiger partial charge on any atom is -0.481 e. The monoisotopic (exact) mass is 251 g/mol. The molecule has 5 heteroatoms. The van der Waals surface area contributed by atoms with Crippen LogP contribution in [-0.4, -0.2) is 35.0 Å². The molecule has 2 rings (SSSR count). The van der Waals surface area contributed by atoms with Gasteiger partial charge in [0.2, 0.25) is 5.91 Å². The van der Waals surface area contributed by atoms with E-state index in [0.29, 0.717) is 32.4 Å². The number of aliphatic carboxylic acids is 1. The summed E-state index contributed by atoms with van der Waals surface area (Å²) in [5.74, 6) is -0.811. The summed E-state index contributed by atoms with van der Waals surface area (Å²) in [5.41, 5.74) is 0.203. The molecule has 1 aliphatic rings. The Morgan fingerprint density at radius 1 is 1.56 bits per heavy atom. The maximum absolute atomic E-state index is 12.0. The Kier molecular flexibility index (Phi) is 3.41. The number of hydrogen-bond acceptors (Lipinski definition) is 3. The van der Waals surface area contributed by atoms with Crippen LogP contribution in [0.15, 0.2) is 23.0 Å². The highest BCUT2D eigenvalue weighted by Crippen LogP contribution is 2.30. The average molecular weight is 251 g/mol. The van der Waals surface area contributed by atoms with Gasteiger partial charge in [-0.2, -0.15) is 0 Å². The molecular formula is C13H17NO4. The lowest BCUT2D eigenvalue weighted by Crippen LogP contribution is -2.34. The Balaban J connectivity index is 1.86. The fourth-order valence-electron chi connectivity index (χ4n) is 2.19. The summed E-state index contributed by atoms with van der Waals surface area (Å²) in [7, 11) is 0. The van der Waals surface area contributed by atoms with Crippen molar-refractivity contribution in [1.29, 1.82) is 0 Å². The Morgan fingerprint density at radius 2 is 2.33 bits per heavy atom. The molecule has 1 fully saturated rings. The summed E-state index contributed by atoms with van der Waals surface area (Å²) < 4.78 is 4.93. The molecule has 2 heterocycles. The summed E-state index contributed by atoms with van der Waals surface area (Å²) in [4.78, 5) is 24.7. The zero-order valence-corrected chi connectivity index (χ0v) is 10.4. The van der Waals surface area contributed by atoms with Crippen LogP contribution in [0.4, 0.5) is 0 Å². The van der Waals surface area contributed by atoms with Crippen molar-refractivity contribution in [2.45, 2.75) is 26.2 Å². The number of carboxylic acid groups (broad SMARTS) is 1. The van der Waals surface area contributed by atoms with Gasteiger partial charge in [0, 0.05) is 19.5 Å². The first-order valence-corrected chi connectivity index (χ1v) is 6.03. The molecule has 0 aromatic carbocycles. The van der Waals surface area contributed by atoms with Gasteiger partial charge in [0.05, 0.1) is 17.9 Å². The number of carbonyl (C=O) groups excluding carboxylic acids is 1. The highest BCUT2D eigenvalue weighted by Gasteiger charge is 2.41. The largest absolute Gasteiger partial charge is 0.481 e. The summed E-state index contributed by atoms with van der Waals surface area (Å²) in [6, 6.07) is 1.83. The quantitative estimate of drug-likeness (QED) is 0.881. The highest BCUT2D eigenvalue weighted by molar-refractivity contribution is 5.80. The predicted molar refractivity (Wildman–Crippen MR) is 64.0 cm³/mol. The van der Waals surface area contributed by atoms with Gasteiger partial charge in [-0.3, -0.25) is 9.59 Å². The number of carboxylic acids is 1. The predicted octanol–water partition coefficient (Wildman–Crippen LogP) is 1.54. The first kappa shape index (κ1) is 12.7. The van der Waals surface area contributed by atoms with E-state index >= 15 is 0 Å². The van der Waals surface area contributed by atoms with Gasteiger partial charge in [-0.1, -0.05) is 0 Å². The molecule has 98 valence electrons. The third-order valence-corrected chi connectivity index (χ3v) is 3.55. The van der Waals surface area contributed by atoms with Crippen LogP contribution in [0.2, 0.25) is 0 Å². The van der Waals surface area contributed by atoms with Gasteiger partial charge in [0.25, 0.3) is 0 Å². The molecule has 0 aliphatic carbocycles. The summed E-state index contributed by atoms with van der Waals surface area (Å²) in [5, 5.41) is 9.10. The van der Waals surface area contributed by atoms with Crippen LogP contribution in [0.3, 0.4) is 0 Å². The Morgan fingerprint density at radius 3 is 2.89 bits per heavy atom. The molecule has 1 aromatic rings. The van der Waals surface area contributed by atoms with Crippen molar-refractivity contribution in [3.63, 3.8) is 0 Å². The van der Waals surface area contributed by atoms with E-state index in [1.807, 2.05) is 6.07 Å². The number of furan rings is 1. The molecule has 1 unspecified atom stereocenters. The first-order chi connectivity index (χ1) is 8.51. The molecule has 1 atom stereocenters. The third kappa shape index (κ3) is 2.55. The van der Waals surface area contributed by atoms with Gasteiger partial charge in [-0.25, -0.2) is 0 Å². The summed E-state index contributed by atoms with van der Waals surface area (Å²) in [6.45, 7) is 2.54. The van der Waals surface area contributed by atoms with Crippen LogP contribution in [0.5, 0.6) is 0 Å². The zero-order valence-electron chi connectivity index (χ0n) is 10.4. The number of hydrogen-bond donors (Lipinski definition) is 1. The van der Waals surface area contributed by atoms with Gasteiger partial charge in [0.15, 0.2) is 0 Å². The molecule has 1 aromatic heterocycles. The lowest BCUT2D eigenvalue weighted by molar-refractivity contribution is -0.147. The van der Waals surface area contributed by atoms with Gasteiger partial charge < -0.3 is 14.4 Å². The lowest BCUT2D eigenvalue weighted by Gasteiger charge is -2.20. The zero-order chi connectivity index (χ0) is 13.2. The second-order valence-electron chi connectivity index (χ2n) is 5.06. The van der Waals surface area contributed by atoms with Crippen LogP contribution in [0.1, 0.15) is 25.3 Å². The van der Waals surface area contributed by atoms with Crippen molar-refractivity contribution in [1.82, 2.24) is 4.90 Å². The molecule has 18 heavy (non-hydrogen) atoms. The number of likely N-dealkylation sites (tertiary alicyclic amines) is 1. The topological polar surface area (TPSA) is 70.8 Å². The molecule has 1 aliphatic heterocycles. The first-order valence-electron chi connectivity index (χ1n) is 6.03. The van der Waals surface area contributed by atoms with E-state index in [2.05, 4.69) is 0 Å². The van der Waals surface area contributed by atoms with Crippen molar-refractivity contribution in [3.8, 4) is 0 Å². The third-order valence-electron chi connectivity index (χ3n) is 3.55. The fourth-order valence-corrected chi connectivity index (χ4v) is 2.19. The van der Waals surface area contributed by atoms with Crippen molar-refractivity contribution < 1.29 is 19.1 Å². The van der Waals surface area contributed by atoms with E-state index < -0.39 is 11.4 Å². The molecular weight excluding hydrogens is 234 g/mol. The molecule has 1 N–H and O–H groups in total. The fraction of sp³-hybridized carbons (Fsp3) is 0.538. The van der Waals surface area contributed by atoms with E-state index in [-0.39, 0.29) is 5.91 Å². The Labute approximate surface area is 105 Å². The summed E-state index contributed by atoms with van der Waals surface area (Å²) >= 11 is 0. The second kappa shape index (κ2) is 4.84. The van der Waals surface area contributed by atoms with Gasteiger partial charge >= 0.3 is 5.97 Å². The minimum atomic E-state index is -0.826. The SMILES string of the molecule is CC1(C(=O)O)CCN(C(=O)CCc2ccoc2)C1. The van der Waals surface area contributed by atoms with Gasteiger partial charge in [-0.05, 0) is 31.4 Å². The molecule has 5 nitrogen and oxygen atoms in total.